The molecule has 1 N–H and O–H groups in total. The third kappa shape index (κ3) is 3.65. The average Bonchev–Trinajstić information content (AvgIpc) is 3.25. The maximum Gasteiger partial charge on any atom is 0.247 e. The summed E-state index contributed by atoms with van der Waals surface area (Å²) in [7, 11) is -3.88. The molecule has 0 bridgehead atoms. The van der Waals surface area contributed by atoms with Crippen LogP contribution in [0.15, 0.2) is 9.42 Å². The summed E-state index contributed by atoms with van der Waals surface area (Å²) in [5.74, 6) is 1.07. The van der Waals surface area contributed by atoms with E-state index in [1.165, 1.54) is 4.31 Å². The highest BCUT2D eigenvalue weighted by atomic mass is 32.2. The van der Waals surface area contributed by atoms with Crippen LogP contribution < -0.4 is 0 Å². The van der Waals surface area contributed by atoms with E-state index < -0.39 is 22.2 Å². The van der Waals surface area contributed by atoms with Crippen LogP contribution in [0.2, 0.25) is 0 Å². The van der Waals surface area contributed by atoms with Gasteiger partial charge in [0.05, 0.1) is 17.5 Å². The Balaban J connectivity index is 2.01. The molecule has 3 rings (SSSR count). The second kappa shape index (κ2) is 7.33. The number of β-amino-alcohol motifs (C(OH)–C–C–N with tert-alkyl or cyclic N) is 1. The van der Waals surface area contributed by atoms with Crippen molar-refractivity contribution < 1.29 is 18.0 Å². The summed E-state index contributed by atoms with van der Waals surface area (Å²) >= 11 is 0. The van der Waals surface area contributed by atoms with Gasteiger partial charge in [-0.05, 0) is 19.8 Å². The lowest BCUT2D eigenvalue weighted by Gasteiger charge is -2.21. The van der Waals surface area contributed by atoms with Crippen LogP contribution in [0.1, 0.15) is 56.3 Å². The Morgan fingerprint density at radius 1 is 1.33 bits per heavy atom. The molecule has 27 heavy (non-hydrogen) atoms. The highest BCUT2D eigenvalue weighted by Gasteiger charge is 2.45. The second-order valence-corrected chi connectivity index (χ2v) is 9.29. The molecule has 0 aromatic carbocycles. The van der Waals surface area contributed by atoms with Crippen molar-refractivity contribution >= 4 is 10.0 Å². The van der Waals surface area contributed by atoms with E-state index in [0.717, 1.165) is 0 Å². The van der Waals surface area contributed by atoms with Crippen molar-refractivity contribution in [1.82, 2.24) is 24.2 Å². The van der Waals surface area contributed by atoms with Crippen LogP contribution >= 0.6 is 0 Å². The molecule has 9 nitrogen and oxygen atoms in total. The van der Waals surface area contributed by atoms with Crippen molar-refractivity contribution in [2.24, 2.45) is 5.92 Å². The van der Waals surface area contributed by atoms with Crippen LogP contribution in [0, 0.1) is 19.8 Å². The van der Waals surface area contributed by atoms with Crippen molar-refractivity contribution in [3.63, 3.8) is 0 Å². The number of nitrogens with zero attached hydrogens (tertiary/aromatic N) is 5. The molecule has 0 unspecified atom stereocenters. The van der Waals surface area contributed by atoms with Gasteiger partial charge in [0.2, 0.25) is 15.9 Å². The molecule has 2 atom stereocenters. The highest BCUT2D eigenvalue weighted by Crippen LogP contribution is 2.37. The molecule has 0 amide bonds. The summed E-state index contributed by atoms with van der Waals surface area (Å²) in [5, 5.41) is 18.4. The predicted octanol–water partition coefficient (Wildman–Crippen LogP) is 1.60. The van der Waals surface area contributed by atoms with E-state index >= 15 is 0 Å². The number of aromatic nitrogens is 4. The molecule has 0 spiro atoms. The summed E-state index contributed by atoms with van der Waals surface area (Å²) < 4.78 is 35.2. The third-order valence-corrected chi connectivity index (χ3v) is 6.87. The quantitative estimate of drug-likeness (QED) is 0.787. The second-order valence-electron chi connectivity index (χ2n) is 7.46. The maximum atomic E-state index is 13.5. The van der Waals surface area contributed by atoms with E-state index in [4.69, 9.17) is 4.52 Å². The van der Waals surface area contributed by atoms with Crippen LogP contribution in [0.25, 0.3) is 0 Å². The molecule has 1 aliphatic rings. The Labute approximate surface area is 159 Å². The standard InChI is InChI=1S/C17H27N5O4S/c1-6-15-18-17(26-20-15)14-7-13(23)9-22(14)27(24,25)16-11(4)19-21(12(16)5)8-10(2)3/h10,13-14,23H,6-9H2,1-5H3/t13-,14+/m0/s1. The lowest BCUT2D eigenvalue weighted by atomic mass is 10.2. The molecule has 1 fully saturated rings. The van der Waals surface area contributed by atoms with Gasteiger partial charge < -0.3 is 9.63 Å². The first-order valence-electron chi connectivity index (χ1n) is 9.21. The number of rotatable bonds is 6. The van der Waals surface area contributed by atoms with Crippen LogP contribution in [0.4, 0.5) is 0 Å². The van der Waals surface area contributed by atoms with E-state index in [9.17, 15) is 13.5 Å². The van der Waals surface area contributed by atoms with E-state index in [0.29, 0.717) is 36.1 Å². The number of aliphatic hydroxyl groups excluding tert-OH is 1. The van der Waals surface area contributed by atoms with Crippen molar-refractivity contribution in [3.05, 3.63) is 23.1 Å². The Morgan fingerprint density at radius 3 is 2.63 bits per heavy atom. The van der Waals surface area contributed by atoms with Gasteiger partial charge in [0.1, 0.15) is 10.9 Å². The minimum atomic E-state index is -3.88. The predicted molar refractivity (Wildman–Crippen MR) is 97.5 cm³/mol. The molecule has 1 saturated heterocycles. The molecule has 1 aliphatic heterocycles. The van der Waals surface area contributed by atoms with Crippen LogP contribution in [0.5, 0.6) is 0 Å². The molecular formula is C17H27N5O4S. The van der Waals surface area contributed by atoms with Gasteiger partial charge in [0.25, 0.3) is 0 Å². The first-order valence-corrected chi connectivity index (χ1v) is 10.7. The highest BCUT2D eigenvalue weighted by molar-refractivity contribution is 7.89. The van der Waals surface area contributed by atoms with Gasteiger partial charge in [-0.3, -0.25) is 4.68 Å². The van der Waals surface area contributed by atoms with Crippen molar-refractivity contribution in [2.45, 2.75) is 71.0 Å². The van der Waals surface area contributed by atoms with Gasteiger partial charge >= 0.3 is 0 Å². The Kier molecular flexibility index (Phi) is 5.42. The molecule has 2 aromatic heterocycles. The summed E-state index contributed by atoms with van der Waals surface area (Å²) in [6.07, 6.45) is 0.0298. The number of hydrogen-bond donors (Lipinski definition) is 1. The Hall–Kier alpha value is -1.78. The van der Waals surface area contributed by atoms with Gasteiger partial charge in [-0.2, -0.15) is 14.4 Å². The number of aryl methyl sites for hydroxylation is 2. The molecule has 2 aromatic rings. The van der Waals surface area contributed by atoms with Gasteiger partial charge in [-0.15, -0.1) is 0 Å². The zero-order chi connectivity index (χ0) is 19.9. The van der Waals surface area contributed by atoms with E-state index in [1.807, 2.05) is 6.92 Å². The lowest BCUT2D eigenvalue weighted by molar-refractivity contribution is 0.188. The SMILES string of the molecule is CCc1noc([C@H]2C[C@H](O)CN2S(=O)(=O)c2c(C)nn(CC(C)C)c2C)n1. The third-order valence-electron chi connectivity index (χ3n) is 4.74. The fraction of sp³-hybridized carbons (Fsp3) is 0.706. The van der Waals surface area contributed by atoms with Crippen LogP contribution in [-0.2, 0) is 23.0 Å². The summed E-state index contributed by atoms with van der Waals surface area (Å²) in [5.41, 5.74) is 1.05. The zero-order valence-electron chi connectivity index (χ0n) is 16.4. The lowest BCUT2D eigenvalue weighted by Crippen LogP contribution is -2.32. The molecule has 0 aliphatic carbocycles. The van der Waals surface area contributed by atoms with Crippen molar-refractivity contribution in [3.8, 4) is 0 Å². The van der Waals surface area contributed by atoms with E-state index in [-0.39, 0.29) is 23.8 Å². The van der Waals surface area contributed by atoms with E-state index in [1.54, 1.807) is 18.5 Å². The summed E-state index contributed by atoms with van der Waals surface area (Å²) in [6.45, 7) is 10.1. The number of hydrogen-bond acceptors (Lipinski definition) is 7. The summed E-state index contributed by atoms with van der Waals surface area (Å²) in [4.78, 5) is 4.47. The molecule has 3 heterocycles. The summed E-state index contributed by atoms with van der Waals surface area (Å²) in [6, 6.07) is -0.676. The monoisotopic (exact) mass is 397 g/mol. The molecule has 10 heteroatoms. The van der Waals surface area contributed by atoms with E-state index in [2.05, 4.69) is 29.1 Å². The normalized spacial score (nSPS) is 21.4. The fourth-order valence-electron chi connectivity index (χ4n) is 3.52. The number of aliphatic hydroxyl groups is 1. The number of sulfonamides is 1. The van der Waals surface area contributed by atoms with Gasteiger partial charge in [-0.25, -0.2) is 8.42 Å². The Bertz CT molecular complexity index is 918. The van der Waals surface area contributed by atoms with Crippen LogP contribution in [0.3, 0.4) is 0 Å². The maximum absolute atomic E-state index is 13.5. The molecular weight excluding hydrogens is 370 g/mol. The zero-order valence-corrected chi connectivity index (χ0v) is 17.2. The van der Waals surface area contributed by atoms with Gasteiger partial charge in [0.15, 0.2) is 5.82 Å². The average molecular weight is 398 g/mol. The topological polar surface area (TPSA) is 114 Å². The van der Waals surface area contributed by atoms with Crippen molar-refractivity contribution in [1.29, 1.82) is 0 Å². The van der Waals surface area contributed by atoms with Crippen molar-refractivity contribution in [2.75, 3.05) is 6.54 Å². The molecule has 0 radical (unpaired) electrons. The fourth-order valence-corrected chi connectivity index (χ4v) is 5.52. The largest absolute Gasteiger partial charge is 0.392 e. The molecule has 0 saturated carbocycles. The molecule has 150 valence electrons. The van der Waals surface area contributed by atoms with Gasteiger partial charge in [0, 0.05) is 25.9 Å². The smallest absolute Gasteiger partial charge is 0.247 e. The minimum absolute atomic E-state index is 0.00885. The minimum Gasteiger partial charge on any atom is -0.392 e. The van der Waals surface area contributed by atoms with Crippen LogP contribution in [-0.4, -0.2) is 50.4 Å². The first kappa shape index (κ1) is 20.0. The first-order chi connectivity index (χ1) is 12.6. The van der Waals surface area contributed by atoms with Gasteiger partial charge in [-0.1, -0.05) is 25.9 Å². The Morgan fingerprint density at radius 2 is 2.04 bits per heavy atom.